The Bertz CT molecular complexity index is 745. The maximum atomic E-state index is 12.3. The molecule has 0 atom stereocenters. The summed E-state index contributed by atoms with van der Waals surface area (Å²) in [7, 11) is 0. The van der Waals surface area contributed by atoms with Crippen LogP contribution in [0.5, 0.6) is 0 Å². The van der Waals surface area contributed by atoms with Crippen LogP contribution >= 0.6 is 11.3 Å². The van der Waals surface area contributed by atoms with Crippen molar-refractivity contribution < 1.29 is 14.3 Å². The Morgan fingerprint density at radius 2 is 2.14 bits per heavy atom. The molecule has 112 valence electrons. The molecule has 0 aliphatic carbocycles. The second-order valence-corrected chi connectivity index (χ2v) is 6.00. The van der Waals surface area contributed by atoms with Gasteiger partial charge in [-0.2, -0.15) is 0 Å². The van der Waals surface area contributed by atoms with Gasteiger partial charge in [-0.3, -0.25) is 19.0 Å². The van der Waals surface area contributed by atoms with Crippen LogP contribution in [0, 0.1) is 5.41 Å². The molecule has 0 aliphatic rings. The van der Waals surface area contributed by atoms with E-state index in [1.165, 1.54) is 36.1 Å². The number of rotatable bonds is 5. The number of carbonyl (C=O) groups is 2. The lowest BCUT2D eigenvalue weighted by molar-refractivity contribution is -0.158. The number of ketones is 1. The van der Waals surface area contributed by atoms with Crippen LogP contribution in [0.25, 0.3) is 10.2 Å². The van der Waals surface area contributed by atoms with Gasteiger partial charge in [-0.15, -0.1) is 11.3 Å². The minimum absolute atomic E-state index is 0.203. The molecule has 0 N–H and O–H groups in total. The Morgan fingerprint density at radius 1 is 1.43 bits per heavy atom. The van der Waals surface area contributed by atoms with Gasteiger partial charge >= 0.3 is 5.97 Å². The van der Waals surface area contributed by atoms with Crippen molar-refractivity contribution in [1.29, 1.82) is 0 Å². The maximum absolute atomic E-state index is 12.3. The standard InChI is InChI=1S/C14H16N2O4S/c1-4-20-13(19)14(2,3)10(17)7-16-8-15-9-5-6-21-11(9)12(16)18/h5-6,8H,4,7H2,1-3H3. The van der Waals surface area contributed by atoms with Gasteiger partial charge in [-0.1, -0.05) is 0 Å². The molecule has 0 saturated carbocycles. The number of carbonyl (C=O) groups excluding carboxylic acids is 2. The van der Waals surface area contributed by atoms with Crippen LogP contribution in [-0.4, -0.2) is 27.9 Å². The first-order valence-electron chi connectivity index (χ1n) is 6.51. The number of hydrogen-bond acceptors (Lipinski definition) is 6. The van der Waals surface area contributed by atoms with E-state index in [1.54, 1.807) is 18.4 Å². The monoisotopic (exact) mass is 308 g/mol. The van der Waals surface area contributed by atoms with Crippen molar-refractivity contribution in [3.05, 3.63) is 28.1 Å². The third-order valence-corrected chi connectivity index (χ3v) is 4.12. The van der Waals surface area contributed by atoms with E-state index in [-0.39, 0.29) is 24.5 Å². The Balaban J connectivity index is 2.27. The van der Waals surface area contributed by atoms with Gasteiger partial charge in [0.25, 0.3) is 5.56 Å². The molecule has 2 aromatic heterocycles. The zero-order valence-electron chi connectivity index (χ0n) is 12.1. The smallest absolute Gasteiger partial charge is 0.319 e. The fourth-order valence-corrected chi connectivity index (χ4v) is 2.56. The molecule has 6 nitrogen and oxygen atoms in total. The summed E-state index contributed by atoms with van der Waals surface area (Å²) in [6, 6.07) is 1.75. The van der Waals surface area contributed by atoms with E-state index >= 15 is 0 Å². The molecule has 0 amide bonds. The molecule has 0 radical (unpaired) electrons. The number of fused-ring (bicyclic) bond motifs is 1. The predicted molar refractivity (Wildman–Crippen MR) is 79.3 cm³/mol. The van der Waals surface area contributed by atoms with Crippen LogP contribution in [-0.2, 0) is 20.9 Å². The molecule has 0 spiro atoms. The number of thiophene rings is 1. The second-order valence-electron chi connectivity index (χ2n) is 5.08. The SMILES string of the molecule is CCOC(=O)C(C)(C)C(=O)Cn1cnc2ccsc2c1=O. The number of ether oxygens (including phenoxy) is 1. The lowest BCUT2D eigenvalue weighted by Gasteiger charge is -2.21. The van der Waals surface area contributed by atoms with Crippen molar-refractivity contribution in [1.82, 2.24) is 9.55 Å². The van der Waals surface area contributed by atoms with Crippen molar-refractivity contribution in [3.63, 3.8) is 0 Å². The first kappa shape index (κ1) is 15.4. The number of Topliss-reactive ketones (excluding diaryl/α,β-unsaturated/α-hetero) is 1. The molecule has 21 heavy (non-hydrogen) atoms. The molecule has 2 heterocycles. The average Bonchev–Trinajstić information content (AvgIpc) is 2.91. The summed E-state index contributed by atoms with van der Waals surface area (Å²) in [6.45, 7) is 4.67. The number of esters is 1. The van der Waals surface area contributed by atoms with Crippen molar-refractivity contribution in [2.24, 2.45) is 5.41 Å². The van der Waals surface area contributed by atoms with Gasteiger partial charge in [-0.25, -0.2) is 4.98 Å². The molecule has 0 fully saturated rings. The minimum atomic E-state index is -1.29. The zero-order valence-corrected chi connectivity index (χ0v) is 12.9. The summed E-state index contributed by atoms with van der Waals surface area (Å²) in [4.78, 5) is 40.4. The van der Waals surface area contributed by atoms with Gasteiger partial charge in [0.15, 0.2) is 5.78 Å². The quantitative estimate of drug-likeness (QED) is 0.619. The molecule has 7 heteroatoms. The van der Waals surface area contributed by atoms with E-state index in [0.29, 0.717) is 10.2 Å². The van der Waals surface area contributed by atoms with Crippen LogP contribution < -0.4 is 5.56 Å². The molecule has 0 aromatic carbocycles. The number of aromatic nitrogens is 2. The van der Waals surface area contributed by atoms with Crippen LogP contribution in [0.3, 0.4) is 0 Å². The van der Waals surface area contributed by atoms with Crippen LogP contribution in [0.2, 0.25) is 0 Å². The highest BCUT2D eigenvalue weighted by Gasteiger charge is 2.37. The van der Waals surface area contributed by atoms with E-state index in [4.69, 9.17) is 4.74 Å². The third-order valence-electron chi connectivity index (χ3n) is 3.23. The Kier molecular flexibility index (Phi) is 4.22. The predicted octanol–water partition coefficient (Wildman–Crippen LogP) is 1.62. The third kappa shape index (κ3) is 2.87. The lowest BCUT2D eigenvalue weighted by atomic mass is 9.88. The molecule has 0 saturated heterocycles. The zero-order chi connectivity index (χ0) is 15.6. The highest BCUT2D eigenvalue weighted by Crippen LogP contribution is 2.20. The van der Waals surface area contributed by atoms with Crippen molar-refractivity contribution in [2.75, 3.05) is 6.61 Å². The normalized spacial score (nSPS) is 11.6. The van der Waals surface area contributed by atoms with Crippen LogP contribution in [0.15, 0.2) is 22.6 Å². The fourth-order valence-electron chi connectivity index (χ4n) is 1.77. The molecule has 0 unspecified atom stereocenters. The van der Waals surface area contributed by atoms with Crippen LogP contribution in [0.1, 0.15) is 20.8 Å². The van der Waals surface area contributed by atoms with Crippen molar-refractivity contribution in [2.45, 2.75) is 27.3 Å². The molecular weight excluding hydrogens is 292 g/mol. The van der Waals surface area contributed by atoms with E-state index in [2.05, 4.69) is 4.98 Å². The molecule has 0 bridgehead atoms. The highest BCUT2D eigenvalue weighted by molar-refractivity contribution is 7.17. The summed E-state index contributed by atoms with van der Waals surface area (Å²) in [5, 5.41) is 1.77. The Morgan fingerprint density at radius 3 is 2.81 bits per heavy atom. The summed E-state index contributed by atoms with van der Waals surface area (Å²) in [6.07, 6.45) is 1.33. The number of nitrogens with zero attached hydrogens (tertiary/aromatic N) is 2. The van der Waals surface area contributed by atoms with Gasteiger partial charge < -0.3 is 4.74 Å². The second kappa shape index (κ2) is 5.77. The van der Waals surface area contributed by atoms with E-state index in [1.807, 2.05) is 0 Å². The summed E-state index contributed by atoms with van der Waals surface area (Å²) in [5.41, 5.74) is -0.957. The maximum Gasteiger partial charge on any atom is 0.319 e. The Hall–Kier alpha value is -2.02. The van der Waals surface area contributed by atoms with E-state index in [9.17, 15) is 14.4 Å². The summed E-state index contributed by atoms with van der Waals surface area (Å²) < 4.78 is 6.62. The van der Waals surface area contributed by atoms with Crippen molar-refractivity contribution in [3.8, 4) is 0 Å². The van der Waals surface area contributed by atoms with Gasteiger partial charge in [-0.05, 0) is 32.2 Å². The van der Waals surface area contributed by atoms with E-state index < -0.39 is 11.4 Å². The molecule has 2 rings (SSSR count). The van der Waals surface area contributed by atoms with Gasteiger partial charge in [0.2, 0.25) is 0 Å². The molecule has 0 aliphatic heterocycles. The largest absolute Gasteiger partial charge is 0.465 e. The van der Waals surface area contributed by atoms with Gasteiger partial charge in [0.05, 0.1) is 25.0 Å². The first-order valence-corrected chi connectivity index (χ1v) is 7.39. The average molecular weight is 308 g/mol. The van der Waals surface area contributed by atoms with Gasteiger partial charge in [0.1, 0.15) is 10.1 Å². The Labute approximate surface area is 125 Å². The minimum Gasteiger partial charge on any atom is -0.465 e. The van der Waals surface area contributed by atoms with E-state index in [0.717, 1.165) is 0 Å². The topological polar surface area (TPSA) is 78.3 Å². The summed E-state index contributed by atoms with van der Waals surface area (Å²) >= 11 is 1.28. The molecule has 2 aromatic rings. The van der Waals surface area contributed by atoms with Crippen LogP contribution in [0.4, 0.5) is 0 Å². The number of hydrogen-bond donors (Lipinski definition) is 0. The summed E-state index contributed by atoms with van der Waals surface area (Å²) in [5.74, 6) is -0.978. The highest BCUT2D eigenvalue weighted by atomic mass is 32.1. The first-order chi connectivity index (χ1) is 9.87. The lowest BCUT2D eigenvalue weighted by Crippen LogP contribution is -2.39. The van der Waals surface area contributed by atoms with Crippen molar-refractivity contribution >= 4 is 33.3 Å². The van der Waals surface area contributed by atoms with Gasteiger partial charge in [0, 0.05) is 0 Å². The molecular formula is C14H16N2O4S. The fraction of sp³-hybridized carbons (Fsp3) is 0.429.